The fraction of sp³-hybridized carbons (Fsp3) is 0.367. The van der Waals surface area contributed by atoms with E-state index in [0.29, 0.717) is 6.54 Å². The van der Waals surface area contributed by atoms with Gasteiger partial charge in [-0.3, -0.25) is 9.69 Å². The van der Waals surface area contributed by atoms with Crippen molar-refractivity contribution in [2.45, 2.75) is 43.4 Å². The number of carbonyl (C=O) groups is 1. The maximum atomic E-state index is 13.9. The number of rotatable bonds is 7. The normalized spacial score (nSPS) is 25.4. The molecule has 3 aliphatic rings. The molecule has 2 fully saturated rings. The van der Waals surface area contributed by atoms with Gasteiger partial charge in [0.1, 0.15) is 31.6 Å². The second-order valence-corrected chi connectivity index (χ2v) is 10.1. The lowest BCUT2D eigenvalue weighted by Crippen LogP contribution is -2.55. The van der Waals surface area contributed by atoms with Crippen LogP contribution in [-0.2, 0) is 29.3 Å². The van der Waals surface area contributed by atoms with E-state index in [1.165, 1.54) is 11.1 Å². The first-order valence-corrected chi connectivity index (χ1v) is 12.4. The van der Waals surface area contributed by atoms with Crippen LogP contribution in [0.1, 0.15) is 30.5 Å². The molecule has 1 aliphatic carbocycles. The van der Waals surface area contributed by atoms with Crippen molar-refractivity contribution in [2.24, 2.45) is 0 Å². The van der Waals surface area contributed by atoms with Crippen molar-refractivity contribution in [1.82, 2.24) is 4.90 Å². The summed E-state index contributed by atoms with van der Waals surface area (Å²) < 4.78 is 23.3. The number of fused-ring (bicyclic) bond motifs is 4. The number of hydrogen-bond acceptors (Lipinski definition) is 6. The van der Waals surface area contributed by atoms with Crippen molar-refractivity contribution in [3.8, 4) is 11.1 Å². The highest BCUT2D eigenvalue weighted by Crippen LogP contribution is 2.57. The van der Waals surface area contributed by atoms with Gasteiger partial charge in [-0.25, -0.2) is 0 Å². The van der Waals surface area contributed by atoms with Crippen LogP contribution in [-0.4, -0.2) is 61.8 Å². The lowest BCUT2D eigenvalue weighted by molar-refractivity contribution is -0.170. The number of hydrogen-bond donors (Lipinski definition) is 0. The Bertz CT molecular complexity index is 1230. The molecule has 0 aromatic heterocycles. The third kappa shape index (κ3) is 3.48. The van der Waals surface area contributed by atoms with Crippen LogP contribution in [0, 0.1) is 0 Å². The molecule has 0 bridgehead atoms. The number of carbonyl (C=O) groups excluding carboxylic acids is 1. The van der Waals surface area contributed by atoms with Crippen LogP contribution < -0.4 is 0 Å². The first-order valence-electron chi connectivity index (χ1n) is 12.4. The third-order valence-corrected chi connectivity index (χ3v) is 7.57. The second kappa shape index (κ2) is 8.91. The highest BCUT2D eigenvalue weighted by atomic mass is 16.8. The average molecular weight is 486 g/mol. The predicted molar refractivity (Wildman–Crippen MR) is 135 cm³/mol. The summed E-state index contributed by atoms with van der Waals surface area (Å²) in [5.74, 6) is -0.795. The minimum atomic E-state index is -0.751. The Morgan fingerprint density at radius 2 is 1.53 bits per heavy atom. The number of likely N-dealkylation sites (tertiary alicyclic amines) is 1. The van der Waals surface area contributed by atoms with Crippen LogP contribution in [0.2, 0.25) is 0 Å². The van der Waals surface area contributed by atoms with E-state index in [1.54, 1.807) is 7.11 Å². The second-order valence-electron chi connectivity index (χ2n) is 10.1. The maximum Gasteiger partial charge on any atom is 0.178 e. The molecular formula is C30H31NO5. The topological polar surface area (TPSA) is 57.2 Å². The third-order valence-electron chi connectivity index (χ3n) is 7.57. The summed E-state index contributed by atoms with van der Waals surface area (Å²) in [4.78, 5) is 16.2. The van der Waals surface area contributed by atoms with Gasteiger partial charge in [-0.2, -0.15) is 0 Å². The SMILES string of the molecule is COCOCC(=O)[C@@H]1[C@@H]2OC(C)(C)O[C@@H]2CN1C1(c2ccccc2)c2ccccc2-c2ccccc21. The van der Waals surface area contributed by atoms with Gasteiger partial charge in [0.15, 0.2) is 11.6 Å². The Balaban J connectivity index is 1.57. The van der Waals surface area contributed by atoms with Gasteiger partial charge in [0.25, 0.3) is 0 Å². The molecule has 6 heteroatoms. The summed E-state index contributed by atoms with van der Waals surface area (Å²) in [7, 11) is 1.55. The van der Waals surface area contributed by atoms with Crippen LogP contribution in [0.25, 0.3) is 11.1 Å². The lowest BCUT2D eigenvalue weighted by Gasteiger charge is -2.45. The minimum Gasteiger partial charge on any atom is -0.359 e. The zero-order valence-electron chi connectivity index (χ0n) is 20.8. The van der Waals surface area contributed by atoms with Gasteiger partial charge in [0.2, 0.25) is 0 Å². The quantitative estimate of drug-likeness (QED) is 0.366. The van der Waals surface area contributed by atoms with Crippen molar-refractivity contribution in [1.29, 1.82) is 0 Å². The van der Waals surface area contributed by atoms with Gasteiger partial charge in [0.05, 0.1) is 5.54 Å². The molecule has 0 unspecified atom stereocenters. The van der Waals surface area contributed by atoms with Crippen molar-refractivity contribution >= 4 is 5.78 Å². The van der Waals surface area contributed by atoms with E-state index in [-0.39, 0.29) is 25.3 Å². The largest absolute Gasteiger partial charge is 0.359 e. The molecule has 0 saturated carbocycles. The van der Waals surface area contributed by atoms with Gasteiger partial charge >= 0.3 is 0 Å². The molecular weight excluding hydrogens is 454 g/mol. The standard InChI is InChI=1S/C30H31NO5/c1-29(2)35-26-17-31(27(28(26)36-29)25(32)18-34-19-33-3)30(20-11-5-4-6-12-20)23-15-9-7-13-21(23)22-14-8-10-16-24(22)30/h4-16,26-28H,17-19H2,1-3H3/t26-,27-,28-/m1/s1. The van der Waals surface area contributed by atoms with E-state index in [0.717, 1.165) is 16.7 Å². The number of nitrogens with zero attached hydrogens (tertiary/aromatic N) is 1. The first kappa shape index (κ1) is 23.5. The van der Waals surface area contributed by atoms with Crippen LogP contribution in [0.15, 0.2) is 78.9 Å². The molecule has 2 saturated heterocycles. The summed E-state index contributed by atoms with van der Waals surface area (Å²) in [6.45, 7) is 4.37. The van der Waals surface area contributed by atoms with Crippen LogP contribution in [0.4, 0.5) is 0 Å². The summed E-state index contributed by atoms with van der Waals surface area (Å²) in [5, 5.41) is 0. The Morgan fingerprint density at radius 3 is 2.17 bits per heavy atom. The smallest absolute Gasteiger partial charge is 0.178 e. The van der Waals surface area contributed by atoms with Gasteiger partial charge in [0, 0.05) is 13.7 Å². The van der Waals surface area contributed by atoms with E-state index in [9.17, 15) is 4.79 Å². The van der Waals surface area contributed by atoms with Crippen molar-refractivity contribution < 1.29 is 23.7 Å². The average Bonchev–Trinajstić information content (AvgIpc) is 3.48. The number of ketones is 1. The Hall–Kier alpha value is -2.87. The lowest BCUT2D eigenvalue weighted by atomic mass is 9.78. The number of methoxy groups -OCH3 is 1. The van der Waals surface area contributed by atoms with Crippen molar-refractivity contribution in [3.05, 3.63) is 95.6 Å². The molecule has 2 heterocycles. The van der Waals surface area contributed by atoms with Gasteiger partial charge < -0.3 is 18.9 Å². The molecule has 2 aliphatic heterocycles. The Labute approximate surface area is 211 Å². The van der Waals surface area contributed by atoms with Gasteiger partial charge in [-0.15, -0.1) is 0 Å². The van der Waals surface area contributed by atoms with Crippen molar-refractivity contribution in [3.63, 3.8) is 0 Å². The highest BCUT2D eigenvalue weighted by molar-refractivity contribution is 5.88. The molecule has 0 spiro atoms. The van der Waals surface area contributed by atoms with Crippen LogP contribution >= 0.6 is 0 Å². The maximum absolute atomic E-state index is 13.9. The summed E-state index contributed by atoms with van der Waals surface area (Å²) in [5.41, 5.74) is 5.10. The van der Waals surface area contributed by atoms with E-state index in [2.05, 4.69) is 77.7 Å². The molecule has 3 atom stereocenters. The van der Waals surface area contributed by atoms with Gasteiger partial charge in [-0.05, 0) is 41.7 Å². The molecule has 6 rings (SSSR count). The number of Topliss-reactive ketones (excluding diaryl/α,β-unsaturated/α-hetero) is 1. The molecule has 36 heavy (non-hydrogen) atoms. The minimum absolute atomic E-state index is 0.0435. The summed E-state index contributed by atoms with van der Waals surface area (Å²) in [6, 6.07) is 26.9. The molecule has 0 amide bonds. The molecule has 6 nitrogen and oxygen atoms in total. The molecule has 186 valence electrons. The van der Waals surface area contributed by atoms with Crippen LogP contribution in [0.5, 0.6) is 0 Å². The van der Waals surface area contributed by atoms with E-state index in [4.69, 9.17) is 18.9 Å². The molecule has 3 aromatic rings. The molecule has 3 aromatic carbocycles. The monoisotopic (exact) mass is 485 g/mol. The zero-order valence-corrected chi connectivity index (χ0v) is 20.8. The summed E-state index contributed by atoms with van der Waals surface area (Å²) >= 11 is 0. The van der Waals surface area contributed by atoms with Gasteiger partial charge in [-0.1, -0.05) is 78.9 Å². The predicted octanol–water partition coefficient (Wildman–Crippen LogP) is 4.35. The number of ether oxygens (including phenoxy) is 4. The van der Waals surface area contributed by atoms with E-state index >= 15 is 0 Å². The fourth-order valence-corrected chi connectivity index (χ4v) is 6.45. The number of benzene rings is 3. The zero-order chi connectivity index (χ0) is 24.9. The highest BCUT2D eigenvalue weighted by Gasteiger charge is 2.62. The Morgan fingerprint density at radius 1 is 0.917 bits per heavy atom. The molecule has 0 radical (unpaired) electrons. The fourth-order valence-electron chi connectivity index (χ4n) is 6.45. The first-order chi connectivity index (χ1) is 17.5. The summed E-state index contributed by atoms with van der Waals surface area (Å²) in [6.07, 6.45) is -0.643. The Kier molecular flexibility index (Phi) is 5.82. The van der Waals surface area contributed by atoms with E-state index < -0.39 is 23.5 Å². The van der Waals surface area contributed by atoms with E-state index in [1.807, 2.05) is 19.9 Å². The van der Waals surface area contributed by atoms with Crippen molar-refractivity contribution in [2.75, 3.05) is 27.1 Å². The molecule has 0 N–H and O–H groups in total. The van der Waals surface area contributed by atoms with Crippen LogP contribution in [0.3, 0.4) is 0 Å².